The van der Waals surface area contributed by atoms with Gasteiger partial charge in [-0.15, -0.1) is 0 Å². The second-order valence-corrected chi connectivity index (χ2v) is 13.1. The van der Waals surface area contributed by atoms with Gasteiger partial charge in [-0.3, -0.25) is 4.99 Å². The molecule has 2 aromatic carbocycles. The van der Waals surface area contributed by atoms with Crippen LogP contribution in [0.2, 0.25) is 0 Å². The predicted molar refractivity (Wildman–Crippen MR) is 175 cm³/mol. The summed E-state index contributed by atoms with van der Waals surface area (Å²) in [7, 11) is 0. The summed E-state index contributed by atoms with van der Waals surface area (Å²) in [4.78, 5) is 12.6. The van der Waals surface area contributed by atoms with Crippen LogP contribution >= 0.6 is 0 Å². The van der Waals surface area contributed by atoms with E-state index in [-0.39, 0.29) is 0 Å². The maximum atomic E-state index is 9.34. The van der Waals surface area contributed by atoms with Crippen LogP contribution in [0.3, 0.4) is 0 Å². The van der Waals surface area contributed by atoms with Crippen molar-refractivity contribution in [3.8, 4) is 11.1 Å². The number of hydrogen-bond acceptors (Lipinski definition) is 4. The molecule has 0 spiro atoms. The first-order valence-corrected chi connectivity index (χ1v) is 16.9. The molecule has 6 rings (SSSR count). The Morgan fingerprint density at radius 3 is 2.56 bits per heavy atom. The molecule has 218 valence electrons. The van der Waals surface area contributed by atoms with Crippen molar-refractivity contribution in [2.75, 3.05) is 0 Å². The Morgan fingerprint density at radius 1 is 1.00 bits per heavy atom. The average Bonchev–Trinajstić information content (AvgIpc) is 3.88. The van der Waals surface area contributed by atoms with Gasteiger partial charge in [0, 0.05) is 36.0 Å². The number of rotatable bonds is 11. The highest BCUT2D eigenvalue weighted by Gasteiger charge is 2.35. The number of hydrogen-bond donors (Lipinski definition) is 1. The van der Waals surface area contributed by atoms with E-state index >= 15 is 0 Å². The van der Waals surface area contributed by atoms with Crippen LogP contribution in [0.15, 0.2) is 34.3 Å². The quantitative estimate of drug-likeness (QED) is 0.219. The molecule has 0 saturated heterocycles. The topological polar surface area (TPSA) is 51.8 Å². The molecule has 2 saturated carbocycles. The molecule has 0 aromatic heterocycles. The molecule has 4 aliphatic rings. The fourth-order valence-electron chi connectivity index (χ4n) is 7.65. The summed E-state index contributed by atoms with van der Waals surface area (Å²) in [6, 6.07) is 10.2. The van der Waals surface area contributed by atoms with E-state index < -0.39 is 0 Å². The lowest BCUT2D eigenvalue weighted by atomic mass is 9.76. The highest BCUT2D eigenvalue weighted by Crippen LogP contribution is 2.50. The predicted octanol–water partition coefficient (Wildman–Crippen LogP) is 10.6. The molecular formula is C37H50N4. The Kier molecular flexibility index (Phi) is 8.74. The Balaban J connectivity index is 1.45. The van der Waals surface area contributed by atoms with Gasteiger partial charge >= 0.3 is 0 Å². The number of benzene rings is 2. The van der Waals surface area contributed by atoms with Crippen LogP contribution < -0.4 is 0 Å². The minimum atomic E-state index is 0.416. The lowest BCUT2D eigenvalue weighted by molar-refractivity contribution is 0.242. The van der Waals surface area contributed by atoms with Crippen molar-refractivity contribution in [1.29, 1.82) is 5.41 Å². The van der Waals surface area contributed by atoms with Crippen molar-refractivity contribution >= 4 is 29.6 Å². The van der Waals surface area contributed by atoms with Gasteiger partial charge in [-0.25, -0.2) is 4.99 Å². The third-order valence-electron chi connectivity index (χ3n) is 10.4. The first-order chi connectivity index (χ1) is 20.1. The summed E-state index contributed by atoms with van der Waals surface area (Å²) in [5, 5.41) is 9.34. The minimum Gasteiger partial charge on any atom is -0.355 e. The monoisotopic (exact) mass is 550 g/mol. The third kappa shape index (κ3) is 5.81. The zero-order valence-electron chi connectivity index (χ0n) is 25.7. The smallest absolute Gasteiger partial charge is 0.0917 e. The van der Waals surface area contributed by atoms with Crippen LogP contribution in [0.25, 0.3) is 11.1 Å². The number of unbranched alkanes of at least 4 members (excludes halogenated alkanes) is 2. The van der Waals surface area contributed by atoms with E-state index in [0.717, 1.165) is 55.7 Å². The molecule has 2 unspecified atom stereocenters. The molecule has 1 N–H and O–H groups in total. The van der Waals surface area contributed by atoms with E-state index in [4.69, 9.17) is 9.98 Å². The SMILES string of the molecule is CCCCCC(CC)c1cc(-c2ccc3c(c2)N=CN(C2CCCCC2)C3)c2c(c1C(=N)C1CC1)N=CCC2CC. The third-order valence-corrected chi connectivity index (χ3v) is 10.4. The van der Waals surface area contributed by atoms with E-state index in [1.165, 1.54) is 91.2 Å². The van der Waals surface area contributed by atoms with Crippen molar-refractivity contribution in [1.82, 2.24) is 4.90 Å². The highest BCUT2D eigenvalue weighted by molar-refractivity contribution is 6.09. The summed E-state index contributed by atoms with van der Waals surface area (Å²) in [6.45, 7) is 7.92. The lowest BCUT2D eigenvalue weighted by Crippen LogP contribution is -2.36. The molecule has 2 fully saturated rings. The maximum absolute atomic E-state index is 9.34. The molecule has 4 heteroatoms. The van der Waals surface area contributed by atoms with E-state index in [1.807, 2.05) is 0 Å². The summed E-state index contributed by atoms with van der Waals surface area (Å²) < 4.78 is 0. The Bertz CT molecular complexity index is 1310. The normalized spacial score (nSPS) is 21.0. The zero-order valence-corrected chi connectivity index (χ0v) is 25.7. The van der Waals surface area contributed by atoms with Gasteiger partial charge in [-0.1, -0.05) is 71.4 Å². The standard InChI is InChI=1S/C37H50N4/c1-4-7-9-12-25(5-2)31-22-32(34-26(6-3)19-20-39-37(34)35(31)36(38)27-15-16-27)28-17-18-29-23-41(24-40-33(29)21-28)30-13-10-8-11-14-30/h17-18,20-22,24-27,30,38H,4-16,19,23H2,1-3H3. The molecule has 0 bridgehead atoms. The summed E-state index contributed by atoms with van der Waals surface area (Å²) >= 11 is 0. The summed E-state index contributed by atoms with van der Waals surface area (Å²) in [5.41, 5.74) is 11.0. The Morgan fingerprint density at radius 2 is 1.83 bits per heavy atom. The molecule has 2 atom stereocenters. The van der Waals surface area contributed by atoms with Gasteiger partial charge in [0.2, 0.25) is 0 Å². The molecule has 2 heterocycles. The van der Waals surface area contributed by atoms with Crippen LogP contribution in [0.4, 0.5) is 11.4 Å². The van der Waals surface area contributed by atoms with Gasteiger partial charge in [-0.05, 0) is 103 Å². The number of fused-ring (bicyclic) bond motifs is 2. The highest BCUT2D eigenvalue weighted by atomic mass is 15.2. The molecule has 2 aliphatic carbocycles. The van der Waals surface area contributed by atoms with Crippen molar-refractivity contribution < 1.29 is 0 Å². The van der Waals surface area contributed by atoms with E-state index in [9.17, 15) is 5.41 Å². The molecule has 0 amide bonds. The van der Waals surface area contributed by atoms with Crippen molar-refractivity contribution in [2.45, 2.75) is 135 Å². The van der Waals surface area contributed by atoms with Crippen molar-refractivity contribution in [3.05, 3.63) is 46.5 Å². The summed E-state index contributed by atoms with van der Waals surface area (Å²) in [5.74, 6) is 1.33. The molecular weight excluding hydrogens is 500 g/mol. The lowest BCUT2D eigenvalue weighted by Gasteiger charge is -2.35. The Labute approximate surface area is 248 Å². The van der Waals surface area contributed by atoms with E-state index in [1.54, 1.807) is 0 Å². The van der Waals surface area contributed by atoms with Crippen molar-refractivity contribution in [2.24, 2.45) is 15.9 Å². The maximum Gasteiger partial charge on any atom is 0.0917 e. The molecule has 2 aliphatic heterocycles. The zero-order chi connectivity index (χ0) is 28.3. The fraction of sp³-hybridized carbons (Fsp3) is 0.595. The van der Waals surface area contributed by atoms with Crippen molar-refractivity contribution in [3.63, 3.8) is 0 Å². The fourth-order valence-corrected chi connectivity index (χ4v) is 7.65. The van der Waals surface area contributed by atoms with Crippen LogP contribution in [0, 0.1) is 11.3 Å². The number of aliphatic imine (C=N–C) groups is 2. The van der Waals surface area contributed by atoms with Gasteiger partial charge in [0.25, 0.3) is 0 Å². The molecule has 41 heavy (non-hydrogen) atoms. The molecule has 0 radical (unpaired) electrons. The van der Waals surface area contributed by atoms with Crippen LogP contribution in [-0.2, 0) is 6.54 Å². The largest absolute Gasteiger partial charge is 0.355 e. The van der Waals surface area contributed by atoms with Gasteiger partial charge < -0.3 is 10.3 Å². The first kappa shape index (κ1) is 28.4. The second kappa shape index (κ2) is 12.6. The van der Waals surface area contributed by atoms with Crippen LogP contribution in [-0.4, -0.2) is 29.2 Å². The number of nitrogens with zero attached hydrogens (tertiary/aromatic N) is 3. The van der Waals surface area contributed by atoms with E-state index in [0.29, 0.717) is 23.8 Å². The van der Waals surface area contributed by atoms with E-state index in [2.05, 4.69) is 62.5 Å². The first-order valence-electron chi connectivity index (χ1n) is 16.9. The number of nitrogens with one attached hydrogen (secondary N) is 1. The second-order valence-electron chi connectivity index (χ2n) is 13.1. The van der Waals surface area contributed by atoms with Gasteiger partial charge in [0.15, 0.2) is 0 Å². The van der Waals surface area contributed by atoms with Crippen LogP contribution in [0.5, 0.6) is 0 Å². The van der Waals surface area contributed by atoms with Gasteiger partial charge in [0.05, 0.1) is 17.7 Å². The minimum absolute atomic E-state index is 0.416. The van der Waals surface area contributed by atoms with Gasteiger partial charge in [0.1, 0.15) is 0 Å². The summed E-state index contributed by atoms with van der Waals surface area (Å²) in [6.07, 6.45) is 21.4. The average molecular weight is 551 g/mol. The van der Waals surface area contributed by atoms with Crippen LogP contribution in [0.1, 0.15) is 145 Å². The van der Waals surface area contributed by atoms with Gasteiger partial charge in [-0.2, -0.15) is 0 Å². The Hall–Kier alpha value is -2.75. The molecule has 4 nitrogen and oxygen atoms in total. The molecule has 2 aromatic rings.